The largest absolute Gasteiger partial charge is 0.310 e. The van der Waals surface area contributed by atoms with Crippen molar-refractivity contribution < 1.29 is 0 Å². The van der Waals surface area contributed by atoms with Gasteiger partial charge in [0.2, 0.25) is 0 Å². The molecule has 0 saturated carbocycles. The van der Waals surface area contributed by atoms with Crippen molar-refractivity contribution in [2.45, 2.75) is 19.3 Å². The highest BCUT2D eigenvalue weighted by molar-refractivity contribution is 6.25. The van der Waals surface area contributed by atoms with Crippen LogP contribution in [0.1, 0.15) is 36.1 Å². The van der Waals surface area contributed by atoms with E-state index < -0.39 is 0 Å². The van der Waals surface area contributed by atoms with Gasteiger partial charge in [0.15, 0.2) is 0 Å². The first kappa shape index (κ1) is 33.7. The van der Waals surface area contributed by atoms with Crippen LogP contribution in [-0.4, -0.2) is 4.57 Å². The van der Waals surface area contributed by atoms with Crippen molar-refractivity contribution in [3.05, 3.63) is 216 Å². The van der Waals surface area contributed by atoms with E-state index >= 15 is 0 Å². The minimum Gasteiger partial charge on any atom is -0.310 e. The predicted molar refractivity (Wildman–Crippen MR) is 252 cm³/mol. The minimum atomic E-state index is -0.193. The van der Waals surface area contributed by atoms with Crippen molar-refractivity contribution in [3.63, 3.8) is 0 Å². The van der Waals surface area contributed by atoms with E-state index in [9.17, 15) is 0 Å². The summed E-state index contributed by atoms with van der Waals surface area (Å²) in [6.07, 6.45) is 4.60. The zero-order valence-electron chi connectivity index (χ0n) is 33.0. The first-order valence-corrected chi connectivity index (χ1v) is 20.6. The molecule has 10 aromatic carbocycles. The number of benzene rings is 10. The van der Waals surface area contributed by atoms with Gasteiger partial charge < -0.3 is 9.47 Å². The molecule has 11 aromatic rings. The molecule has 1 aliphatic carbocycles. The number of aromatic nitrogens is 1. The van der Waals surface area contributed by atoms with E-state index in [0.717, 1.165) is 11.4 Å². The monoisotopic (exact) mass is 752 g/mol. The molecule has 1 aromatic heterocycles. The van der Waals surface area contributed by atoms with Gasteiger partial charge in [0.25, 0.3) is 0 Å². The van der Waals surface area contributed by atoms with Gasteiger partial charge in [0.1, 0.15) is 0 Å². The Kier molecular flexibility index (Phi) is 7.31. The van der Waals surface area contributed by atoms with Gasteiger partial charge in [-0.2, -0.15) is 0 Å². The number of hydrogen-bond acceptors (Lipinski definition) is 1. The Morgan fingerprint density at radius 2 is 1.12 bits per heavy atom. The van der Waals surface area contributed by atoms with Crippen molar-refractivity contribution in [3.8, 4) is 16.8 Å². The standard InChI is InChI=1S/C57H40N2/c1-57(2)50-34-37(24-26-38-28-33-53-56-45(38)31-27-39-15-13-23-52(55(39)56)59(53)42-18-7-4-8-19-42)25-30-47(50)48-32-29-43(36-51(48)57)58(41-16-5-3-6-17-41)54-35-40-14-9-10-20-44(40)46-21-11-12-22-49(46)54/h3-36H,1-2H3. The summed E-state index contributed by atoms with van der Waals surface area (Å²) in [6, 6.07) is 71.4. The fourth-order valence-electron chi connectivity index (χ4n) is 10.1. The third-order valence-electron chi connectivity index (χ3n) is 12.9. The number of rotatable bonds is 6. The van der Waals surface area contributed by atoms with Gasteiger partial charge in [-0.15, -0.1) is 0 Å². The molecular weight excluding hydrogens is 713 g/mol. The first-order chi connectivity index (χ1) is 29.0. The molecule has 0 amide bonds. The Morgan fingerprint density at radius 3 is 1.95 bits per heavy atom. The highest BCUT2D eigenvalue weighted by Crippen LogP contribution is 2.52. The smallest absolute Gasteiger partial charge is 0.0547 e. The Balaban J connectivity index is 0.942. The summed E-state index contributed by atoms with van der Waals surface area (Å²) in [6.45, 7) is 4.77. The second kappa shape index (κ2) is 12.8. The van der Waals surface area contributed by atoms with Crippen LogP contribution in [0, 0.1) is 0 Å². The number of anilines is 3. The van der Waals surface area contributed by atoms with Crippen LogP contribution < -0.4 is 4.90 Å². The van der Waals surface area contributed by atoms with E-state index in [1.54, 1.807) is 0 Å². The van der Waals surface area contributed by atoms with Gasteiger partial charge in [-0.05, 0) is 115 Å². The van der Waals surface area contributed by atoms with Gasteiger partial charge in [0.05, 0.1) is 16.7 Å². The molecule has 278 valence electrons. The van der Waals surface area contributed by atoms with E-state index in [4.69, 9.17) is 0 Å². The van der Waals surface area contributed by atoms with Gasteiger partial charge in [-0.25, -0.2) is 0 Å². The molecule has 0 unspecified atom stereocenters. The van der Waals surface area contributed by atoms with Crippen LogP contribution >= 0.6 is 0 Å². The summed E-state index contributed by atoms with van der Waals surface area (Å²) in [4.78, 5) is 2.44. The average Bonchev–Trinajstić information content (AvgIpc) is 3.74. The zero-order chi connectivity index (χ0) is 39.2. The summed E-state index contributed by atoms with van der Waals surface area (Å²) < 4.78 is 2.41. The highest BCUT2D eigenvalue weighted by atomic mass is 15.1. The predicted octanol–water partition coefficient (Wildman–Crippen LogP) is 15.6. The molecule has 0 atom stereocenters. The van der Waals surface area contributed by atoms with Crippen molar-refractivity contribution in [2.75, 3.05) is 4.90 Å². The summed E-state index contributed by atoms with van der Waals surface area (Å²) in [5.74, 6) is 0. The normalized spacial score (nSPS) is 13.3. The van der Waals surface area contributed by atoms with Crippen molar-refractivity contribution in [1.29, 1.82) is 0 Å². The summed E-state index contributed by atoms with van der Waals surface area (Å²) in [7, 11) is 0. The fourth-order valence-corrected chi connectivity index (χ4v) is 10.1. The Morgan fingerprint density at radius 1 is 0.441 bits per heavy atom. The molecule has 12 rings (SSSR count). The highest BCUT2D eigenvalue weighted by Gasteiger charge is 2.36. The lowest BCUT2D eigenvalue weighted by Crippen LogP contribution is -2.17. The Hall–Kier alpha value is -7.42. The molecule has 0 radical (unpaired) electrons. The van der Waals surface area contributed by atoms with Gasteiger partial charge in [-0.1, -0.05) is 166 Å². The van der Waals surface area contributed by atoms with E-state index in [-0.39, 0.29) is 5.41 Å². The second-order valence-corrected chi connectivity index (χ2v) is 16.5. The maximum absolute atomic E-state index is 2.44. The molecule has 0 spiro atoms. The Bertz CT molecular complexity index is 3460. The zero-order valence-corrected chi connectivity index (χ0v) is 33.0. The lowest BCUT2D eigenvalue weighted by atomic mass is 9.81. The number of nitrogens with zero attached hydrogens (tertiary/aromatic N) is 2. The molecular formula is C57H40N2. The number of fused-ring (bicyclic) bond motifs is 6. The number of para-hydroxylation sites is 2. The van der Waals surface area contributed by atoms with Gasteiger partial charge >= 0.3 is 0 Å². The SMILES string of the molecule is CC1(C)c2cc(C=Cc3ccc4c5c3ccc3cccc(c35)n4-c3ccccc3)ccc2-c2ccc(N(c3ccccc3)c3cc4ccccc4c4ccccc34)cc21. The molecule has 0 N–H and O–H groups in total. The average molecular weight is 753 g/mol. The summed E-state index contributed by atoms with van der Waals surface area (Å²) in [5, 5.41) is 10.2. The lowest BCUT2D eigenvalue weighted by molar-refractivity contribution is 0.660. The van der Waals surface area contributed by atoms with Crippen LogP contribution in [-0.2, 0) is 5.41 Å². The molecule has 59 heavy (non-hydrogen) atoms. The van der Waals surface area contributed by atoms with Crippen LogP contribution in [0.25, 0.3) is 83.1 Å². The summed E-state index contributed by atoms with van der Waals surface area (Å²) in [5.41, 5.74) is 14.7. The van der Waals surface area contributed by atoms with E-state index in [0.29, 0.717) is 0 Å². The summed E-state index contributed by atoms with van der Waals surface area (Å²) >= 11 is 0. The van der Waals surface area contributed by atoms with Crippen molar-refractivity contribution in [2.24, 2.45) is 0 Å². The first-order valence-electron chi connectivity index (χ1n) is 20.6. The molecule has 2 heteroatoms. The van der Waals surface area contributed by atoms with Crippen LogP contribution in [0.2, 0.25) is 0 Å². The third kappa shape index (κ3) is 5.06. The molecule has 2 nitrogen and oxygen atoms in total. The van der Waals surface area contributed by atoms with E-state index in [2.05, 4.69) is 230 Å². The minimum absolute atomic E-state index is 0.193. The van der Waals surface area contributed by atoms with Crippen molar-refractivity contribution in [1.82, 2.24) is 4.57 Å². The van der Waals surface area contributed by atoms with Crippen LogP contribution in [0.4, 0.5) is 17.1 Å². The van der Waals surface area contributed by atoms with E-state index in [1.165, 1.54) is 98.9 Å². The Labute approximate surface area is 343 Å². The maximum atomic E-state index is 2.44. The molecule has 1 aliphatic rings. The molecule has 0 aliphatic heterocycles. The third-order valence-corrected chi connectivity index (χ3v) is 12.9. The van der Waals surface area contributed by atoms with Crippen LogP contribution in [0.3, 0.4) is 0 Å². The van der Waals surface area contributed by atoms with E-state index in [1.807, 2.05) is 0 Å². The van der Waals surface area contributed by atoms with Crippen molar-refractivity contribution >= 4 is 83.3 Å². The lowest BCUT2D eigenvalue weighted by Gasteiger charge is -2.29. The topological polar surface area (TPSA) is 8.17 Å². The number of hydrogen-bond donors (Lipinski definition) is 0. The van der Waals surface area contributed by atoms with Gasteiger partial charge in [0, 0.05) is 38.6 Å². The fraction of sp³-hybridized carbons (Fsp3) is 0.0526. The van der Waals surface area contributed by atoms with Crippen LogP contribution in [0.15, 0.2) is 194 Å². The molecule has 0 fully saturated rings. The van der Waals surface area contributed by atoms with Crippen LogP contribution in [0.5, 0.6) is 0 Å². The second-order valence-electron chi connectivity index (χ2n) is 16.5. The quantitative estimate of drug-likeness (QED) is 0.121. The molecule has 1 heterocycles. The maximum Gasteiger partial charge on any atom is 0.0547 e. The molecule has 0 saturated heterocycles. The van der Waals surface area contributed by atoms with Gasteiger partial charge in [-0.3, -0.25) is 0 Å². The molecule has 0 bridgehead atoms.